The van der Waals surface area contributed by atoms with E-state index in [1.165, 1.54) is 5.56 Å². The standard InChI is InChI=1S/C16H21N3O/c1-3-11-19(12-13-7-5-4-6-8-13)16-14(17)9-10-15(18-16)20-2/h4-10H,3,11-12,17H2,1-2H3. The molecule has 2 rings (SSSR count). The molecule has 0 aliphatic rings. The lowest BCUT2D eigenvalue weighted by Crippen LogP contribution is -2.25. The molecule has 0 amide bonds. The van der Waals surface area contributed by atoms with E-state index in [1.54, 1.807) is 13.2 Å². The maximum atomic E-state index is 6.07. The van der Waals surface area contributed by atoms with Gasteiger partial charge >= 0.3 is 0 Å². The van der Waals surface area contributed by atoms with Crippen LogP contribution in [0.1, 0.15) is 18.9 Å². The van der Waals surface area contributed by atoms with E-state index in [2.05, 4.69) is 28.9 Å². The highest BCUT2D eigenvalue weighted by atomic mass is 16.5. The van der Waals surface area contributed by atoms with Crippen molar-refractivity contribution in [2.45, 2.75) is 19.9 Å². The third-order valence-electron chi connectivity index (χ3n) is 3.10. The summed E-state index contributed by atoms with van der Waals surface area (Å²) < 4.78 is 5.20. The SMILES string of the molecule is CCCN(Cc1ccccc1)c1nc(OC)ccc1N. The molecule has 0 saturated heterocycles. The molecule has 0 radical (unpaired) electrons. The second-order valence-electron chi connectivity index (χ2n) is 4.67. The first-order valence-electron chi connectivity index (χ1n) is 6.84. The van der Waals surface area contributed by atoms with Gasteiger partial charge in [0.1, 0.15) is 0 Å². The van der Waals surface area contributed by atoms with Gasteiger partial charge in [-0.15, -0.1) is 0 Å². The first kappa shape index (κ1) is 14.2. The Bertz CT molecular complexity index is 543. The molecule has 1 heterocycles. The van der Waals surface area contributed by atoms with Crippen molar-refractivity contribution in [3.05, 3.63) is 48.0 Å². The lowest BCUT2D eigenvalue weighted by molar-refractivity contribution is 0.398. The zero-order chi connectivity index (χ0) is 14.4. The topological polar surface area (TPSA) is 51.4 Å². The number of ether oxygens (including phenoxy) is 1. The molecule has 0 spiro atoms. The molecule has 2 N–H and O–H groups in total. The van der Waals surface area contributed by atoms with Gasteiger partial charge in [-0.2, -0.15) is 4.98 Å². The fourth-order valence-electron chi connectivity index (χ4n) is 2.14. The van der Waals surface area contributed by atoms with E-state index < -0.39 is 0 Å². The predicted octanol–water partition coefficient (Wildman–Crippen LogP) is 3.09. The van der Waals surface area contributed by atoms with Crippen LogP contribution in [0.4, 0.5) is 11.5 Å². The average molecular weight is 271 g/mol. The second kappa shape index (κ2) is 6.80. The van der Waals surface area contributed by atoms with Crippen molar-refractivity contribution < 1.29 is 4.74 Å². The Morgan fingerprint density at radius 2 is 1.90 bits per heavy atom. The second-order valence-corrected chi connectivity index (χ2v) is 4.67. The molecule has 106 valence electrons. The molecular formula is C16H21N3O. The summed E-state index contributed by atoms with van der Waals surface area (Å²) in [5.41, 5.74) is 7.99. The Kier molecular flexibility index (Phi) is 4.82. The summed E-state index contributed by atoms with van der Waals surface area (Å²) in [6.45, 7) is 3.84. The molecule has 0 saturated carbocycles. The monoisotopic (exact) mass is 271 g/mol. The van der Waals surface area contributed by atoms with E-state index >= 15 is 0 Å². The molecule has 4 heteroatoms. The van der Waals surface area contributed by atoms with E-state index in [4.69, 9.17) is 10.5 Å². The molecule has 1 aromatic carbocycles. The van der Waals surface area contributed by atoms with E-state index in [0.29, 0.717) is 11.6 Å². The number of aromatic nitrogens is 1. The number of benzene rings is 1. The molecule has 20 heavy (non-hydrogen) atoms. The quantitative estimate of drug-likeness (QED) is 0.877. The molecule has 1 aromatic heterocycles. The van der Waals surface area contributed by atoms with Crippen LogP contribution in [0.5, 0.6) is 5.88 Å². The van der Waals surface area contributed by atoms with Gasteiger partial charge in [-0.1, -0.05) is 37.3 Å². The Labute approximate surface area is 120 Å². The van der Waals surface area contributed by atoms with Gasteiger partial charge in [0, 0.05) is 19.2 Å². The fourth-order valence-corrected chi connectivity index (χ4v) is 2.14. The van der Waals surface area contributed by atoms with Crippen molar-refractivity contribution in [2.75, 3.05) is 24.3 Å². The number of nitrogens with zero attached hydrogens (tertiary/aromatic N) is 2. The maximum absolute atomic E-state index is 6.07. The summed E-state index contributed by atoms with van der Waals surface area (Å²) >= 11 is 0. The molecule has 0 fully saturated rings. The van der Waals surface area contributed by atoms with Crippen LogP contribution < -0.4 is 15.4 Å². The Morgan fingerprint density at radius 3 is 2.55 bits per heavy atom. The number of pyridine rings is 1. The lowest BCUT2D eigenvalue weighted by Gasteiger charge is -2.25. The van der Waals surface area contributed by atoms with Gasteiger partial charge in [0.2, 0.25) is 5.88 Å². The van der Waals surface area contributed by atoms with E-state index in [1.807, 2.05) is 24.3 Å². The third-order valence-corrected chi connectivity index (χ3v) is 3.10. The number of nitrogens with two attached hydrogens (primary N) is 1. The van der Waals surface area contributed by atoms with E-state index in [-0.39, 0.29) is 0 Å². The van der Waals surface area contributed by atoms with Gasteiger partial charge in [0.25, 0.3) is 0 Å². The summed E-state index contributed by atoms with van der Waals surface area (Å²) in [6, 6.07) is 14.0. The summed E-state index contributed by atoms with van der Waals surface area (Å²) in [5.74, 6) is 1.37. The summed E-state index contributed by atoms with van der Waals surface area (Å²) in [6.07, 6.45) is 1.03. The summed E-state index contributed by atoms with van der Waals surface area (Å²) in [4.78, 5) is 6.67. The van der Waals surface area contributed by atoms with Gasteiger partial charge in [-0.05, 0) is 18.1 Å². The van der Waals surface area contributed by atoms with E-state index in [9.17, 15) is 0 Å². The van der Waals surface area contributed by atoms with Crippen LogP contribution in [0.15, 0.2) is 42.5 Å². The van der Waals surface area contributed by atoms with E-state index in [0.717, 1.165) is 25.3 Å². The minimum atomic E-state index is 0.586. The highest BCUT2D eigenvalue weighted by Crippen LogP contribution is 2.25. The highest BCUT2D eigenvalue weighted by Gasteiger charge is 2.12. The van der Waals surface area contributed by atoms with Crippen LogP contribution >= 0.6 is 0 Å². The van der Waals surface area contributed by atoms with Crippen LogP contribution in [0.3, 0.4) is 0 Å². The van der Waals surface area contributed by atoms with Crippen molar-refractivity contribution in [3.8, 4) is 5.88 Å². The van der Waals surface area contributed by atoms with Crippen molar-refractivity contribution >= 4 is 11.5 Å². The highest BCUT2D eigenvalue weighted by molar-refractivity contribution is 5.63. The van der Waals surface area contributed by atoms with Gasteiger partial charge in [0.15, 0.2) is 5.82 Å². The molecule has 0 atom stereocenters. The Balaban J connectivity index is 2.28. The minimum absolute atomic E-state index is 0.586. The number of hydrogen-bond donors (Lipinski definition) is 1. The smallest absolute Gasteiger partial charge is 0.215 e. The molecule has 0 aliphatic heterocycles. The molecule has 0 unspecified atom stereocenters. The minimum Gasteiger partial charge on any atom is -0.481 e. The van der Waals surface area contributed by atoms with Crippen LogP contribution in [-0.2, 0) is 6.54 Å². The zero-order valence-electron chi connectivity index (χ0n) is 12.0. The molecule has 0 aliphatic carbocycles. The zero-order valence-corrected chi connectivity index (χ0v) is 12.0. The van der Waals surface area contributed by atoms with Gasteiger partial charge < -0.3 is 15.4 Å². The number of rotatable bonds is 6. The third kappa shape index (κ3) is 3.41. The van der Waals surface area contributed by atoms with Gasteiger partial charge in [-0.3, -0.25) is 0 Å². The van der Waals surface area contributed by atoms with Gasteiger partial charge in [-0.25, -0.2) is 0 Å². The normalized spacial score (nSPS) is 10.3. The van der Waals surface area contributed by atoms with Crippen LogP contribution in [-0.4, -0.2) is 18.6 Å². The van der Waals surface area contributed by atoms with Gasteiger partial charge in [0.05, 0.1) is 12.8 Å². The summed E-state index contributed by atoms with van der Waals surface area (Å²) in [7, 11) is 1.61. The van der Waals surface area contributed by atoms with Crippen molar-refractivity contribution in [2.24, 2.45) is 0 Å². The molecular weight excluding hydrogens is 250 g/mol. The fraction of sp³-hybridized carbons (Fsp3) is 0.312. The van der Waals surface area contributed by atoms with Crippen LogP contribution in [0.2, 0.25) is 0 Å². The van der Waals surface area contributed by atoms with Crippen molar-refractivity contribution in [1.82, 2.24) is 4.98 Å². The van der Waals surface area contributed by atoms with Crippen LogP contribution in [0.25, 0.3) is 0 Å². The predicted molar refractivity (Wildman–Crippen MR) is 83.0 cm³/mol. The van der Waals surface area contributed by atoms with Crippen molar-refractivity contribution in [3.63, 3.8) is 0 Å². The number of methoxy groups -OCH3 is 1. The number of hydrogen-bond acceptors (Lipinski definition) is 4. The molecule has 4 nitrogen and oxygen atoms in total. The van der Waals surface area contributed by atoms with Crippen molar-refractivity contribution in [1.29, 1.82) is 0 Å². The average Bonchev–Trinajstić information content (AvgIpc) is 2.48. The lowest BCUT2D eigenvalue weighted by atomic mass is 10.2. The first-order valence-corrected chi connectivity index (χ1v) is 6.84. The van der Waals surface area contributed by atoms with Crippen LogP contribution in [0, 0.1) is 0 Å². The molecule has 2 aromatic rings. The maximum Gasteiger partial charge on any atom is 0.215 e. The number of anilines is 2. The molecule has 0 bridgehead atoms. The largest absolute Gasteiger partial charge is 0.481 e. The Morgan fingerprint density at radius 1 is 1.15 bits per heavy atom. The first-order chi connectivity index (χ1) is 9.74. The number of nitrogen functional groups attached to an aromatic ring is 1. The summed E-state index contributed by atoms with van der Waals surface area (Å²) in [5, 5.41) is 0. The Hall–Kier alpha value is -2.23.